The van der Waals surface area contributed by atoms with Gasteiger partial charge in [0.1, 0.15) is 5.75 Å². The largest absolute Gasteiger partial charge is 0.493 e. The predicted octanol–water partition coefficient (Wildman–Crippen LogP) is 4.58. The first kappa shape index (κ1) is 20.0. The maximum atomic E-state index is 12.7. The molecule has 1 N–H and O–H groups in total. The van der Waals surface area contributed by atoms with Gasteiger partial charge in [0.15, 0.2) is 0 Å². The van der Waals surface area contributed by atoms with E-state index in [1.165, 1.54) is 4.90 Å². The SMILES string of the molecule is CCCCOc1ccc(Br)cc1C(=O)Nc1cccc(C(=O)N(C)C)c1. The Balaban J connectivity index is 2.21. The highest BCUT2D eigenvalue weighted by Crippen LogP contribution is 2.25. The van der Waals surface area contributed by atoms with Crippen LogP contribution in [0.1, 0.15) is 40.5 Å². The van der Waals surface area contributed by atoms with Gasteiger partial charge in [0.05, 0.1) is 12.2 Å². The van der Waals surface area contributed by atoms with Crippen LogP contribution in [-0.4, -0.2) is 37.4 Å². The van der Waals surface area contributed by atoms with Crippen LogP contribution in [0.25, 0.3) is 0 Å². The van der Waals surface area contributed by atoms with E-state index in [0.29, 0.717) is 29.2 Å². The Hall–Kier alpha value is -2.34. The molecule has 2 rings (SSSR count). The third-order valence-corrected chi connectivity index (χ3v) is 4.21. The fourth-order valence-electron chi connectivity index (χ4n) is 2.32. The molecule has 2 aromatic carbocycles. The molecule has 0 unspecified atom stereocenters. The minimum atomic E-state index is -0.285. The normalized spacial score (nSPS) is 10.3. The van der Waals surface area contributed by atoms with E-state index in [1.54, 1.807) is 50.5 Å². The molecule has 2 amide bonds. The van der Waals surface area contributed by atoms with Crippen molar-refractivity contribution >= 4 is 33.4 Å². The monoisotopic (exact) mass is 418 g/mol. The third kappa shape index (κ3) is 5.33. The average molecular weight is 419 g/mol. The summed E-state index contributed by atoms with van der Waals surface area (Å²) in [7, 11) is 3.38. The predicted molar refractivity (Wildman–Crippen MR) is 107 cm³/mol. The van der Waals surface area contributed by atoms with Gasteiger partial charge in [-0.3, -0.25) is 9.59 Å². The lowest BCUT2D eigenvalue weighted by Gasteiger charge is -2.14. The summed E-state index contributed by atoms with van der Waals surface area (Å²) >= 11 is 3.39. The molecule has 0 aliphatic heterocycles. The summed E-state index contributed by atoms with van der Waals surface area (Å²) in [6, 6.07) is 12.2. The summed E-state index contributed by atoms with van der Waals surface area (Å²) in [4.78, 5) is 26.3. The van der Waals surface area contributed by atoms with Crippen LogP contribution in [0.4, 0.5) is 5.69 Å². The highest BCUT2D eigenvalue weighted by molar-refractivity contribution is 9.10. The zero-order valence-corrected chi connectivity index (χ0v) is 16.8. The van der Waals surface area contributed by atoms with Gasteiger partial charge in [-0.1, -0.05) is 35.3 Å². The standard InChI is InChI=1S/C20H23BrN2O3/c1-4-5-11-26-18-10-9-15(21)13-17(18)19(24)22-16-8-6-7-14(12-16)20(25)23(2)3/h6-10,12-13H,4-5,11H2,1-3H3,(H,22,24). The van der Waals surface area contributed by atoms with Crippen molar-refractivity contribution in [3.8, 4) is 5.75 Å². The number of nitrogens with one attached hydrogen (secondary N) is 1. The first-order chi connectivity index (χ1) is 12.4. The van der Waals surface area contributed by atoms with Gasteiger partial charge in [0.2, 0.25) is 0 Å². The highest BCUT2D eigenvalue weighted by atomic mass is 79.9. The van der Waals surface area contributed by atoms with Crippen LogP contribution in [0.3, 0.4) is 0 Å². The van der Waals surface area contributed by atoms with Crippen molar-refractivity contribution < 1.29 is 14.3 Å². The van der Waals surface area contributed by atoms with Crippen LogP contribution in [-0.2, 0) is 0 Å². The Kier molecular flexibility index (Phi) is 7.21. The summed E-state index contributed by atoms with van der Waals surface area (Å²) < 4.78 is 6.54. The van der Waals surface area contributed by atoms with Gasteiger partial charge in [0.25, 0.3) is 11.8 Å². The van der Waals surface area contributed by atoms with Crippen molar-refractivity contribution in [3.63, 3.8) is 0 Å². The van der Waals surface area contributed by atoms with E-state index in [9.17, 15) is 9.59 Å². The summed E-state index contributed by atoms with van der Waals surface area (Å²) in [5, 5.41) is 2.84. The van der Waals surface area contributed by atoms with E-state index in [4.69, 9.17) is 4.74 Å². The Bertz CT molecular complexity index is 790. The molecule has 0 fully saturated rings. The summed E-state index contributed by atoms with van der Waals surface area (Å²) in [6.07, 6.45) is 1.94. The van der Waals surface area contributed by atoms with Crippen LogP contribution >= 0.6 is 15.9 Å². The number of nitrogens with zero attached hydrogens (tertiary/aromatic N) is 1. The molecule has 5 nitrogen and oxygen atoms in total. The van der Waals surface area contributed by atoms with Gasteiger partial charge < -0.3 is 15.0 Å². The molecule has 0 bridgehead atoms. The summed E-state index contributed by atoms with van der Waals surface area (Å²) in [6.45, 7) is 2.64. The molecule has 0 saturated heterocycles. The van der Waals surface area contributed by atoms with Crippen molar-refractivity contribution in [2.24, 2.45) is 0 Å². The van der Waals surface area contributed by atoms with E-state index >= 15 is 0 Å². The summed E-state index contributed by atoms with van der Waals surface area (Å²) in [5.41, 5.74) is 1.52. The molecule has 0 spiro atoms. The van der Waals surface area contributed by atoms with Gasteiger partial charge in [-0.25, -0.2) is 0 Å². The number of carbonyl (C=O) groups excluding carboxylic acids is 2. The third-order valence-electron chi connectivity index (χ3n) is 3.72. The van der Waals surface area contributed by atoms with E-state index in [-0.39, 0.29) is 11.8 Å². The highest BCUT2D eigenvalue weighted by Gasteiger charge is 2.15. The lowest BCUT2D eigenvalue weighted by molar-refractivity contribution is 0.0827. The topological polar surface area (TPSA) is 58.6 Å². The van der Waals surface area contributed by atoms with Crippen LogP contribution in [0.15, 0.2) is 46.9 Å². The smallest absolute Gasteiger partial charge is 0.259 e. The van der Waals surface area contributed by atoms with E-state index in [1.807, 2.05) is 6.07 Å². The molecule has 0 radical (unpaired) electrons. The zero-order chi connectivity index (χ0) is 19.1. The molecule has 138 valence electrons. The molecule has 0 aromatic heterocycles. The van der Waals surface area contributed by atoms with Gasteiger partial charge in [-0.15, -0.1) is 0 Å². The van der Waals surface area contributed by atoms with Crippen molar-refractivity contribution in [2.45, 2.75) is 19.8 Å². The molecule has 0 aliphatic rings. The maximum Gasteiger partial charge on any atom is 0.259 e. The number of ether oxygens (including phenoxy) is 1. The number of anilines is 1. The van der Waals surface area contributed by atoms with Crippen molar-refractivity contribution in [1.29, 1.82) is 0 Å². The second-order valence-electron chi connectivity index (χ2n) is 6.08. The molecule has 0 heterocycles. The molecule has 26 heavy (non-hydrogen) atoms. The van der Waals surface area contributed by atoms with Gasteiger partial charge in [-0.2, -0.15) is 0 Å². The van der Waals surface area contributed by atoms with Crippen molar-refractivity contribution in [2.75, 3.05) is 26.0 Å². The van der Waals surface area contributed by atoms with E-state index in [0.717, 1.165) is 17.3 Å². The number of benzene rings is 2. The van der Waals surface area contributed by atoms with Crippen molar-refractivity contribution in [3.05, 3.63) is 58.1 Å². The number of unbranched alkanes of at least 4 members (excludes halogenated alkanes) is 1. The van der Waals surface area contributed by atoms with E-state index < -0.39 is 0 Å². The lowest BCUT2D eigenvalue weighted by atomic mass is 10.1. The van der Waals surface area contributed by atoms with Crippen LogP contribution < -0.4 is 10.1 Å². The maximum absolute atomic E-state index is 12.7. The Morgan fingerprint density at radius 3 is 2.62 bits per heavy atom. The number of rotatable bonds is 7. The fraction of sp³-hybridized carbons (Fsp3) is 0.300. The average Bonchev–Trinajstić information content (AvgIpc) is 2.62. The minimum Gasteiger partial charge on any atom is -0.493 e. The molecule has 2 aromatic rings. The Labute approximate surface area is 162 Å². The molecule has 0 aliphatic carbocycles. The number of hydrogen-bond donors (Lipinski definition) is 1. The fourth-order valence-corrected chi connectivity index (χ4v) is 2.68. The number of amides is 2. The quantitative estimate of drug-likeness (QED) is 0.669. The first-order valence-corrected chi connectivity index (χ1v) is 9.27. The van der Waals surface area contributed by atoms with Crippen LogP contribution in [0.5, 0.6) is 5.75 Å². The zero-order valence-electron chi connectivity index (χ0n) is 15.2. The number of halogens is 1. The molecule has 0 atom stereocenters. The molecule has 6 heteroatoms. The second kappa shape index (κ2) is 9.38. The first-order valence-electron chi connectivity index (χ1n) is 8.47. The van der Waals surface area contributed by atoms with E-state index in [2.05, 4.69) is 28.2 Å². The van der Waals surface area contributed by atoms with Gasteiger partial charge in [0, 0.05) is 29.8 Å². The molecule has 0 saturated carbocycles. The molecular formula is C20H23BrN2O3. The van der Waals surface area contributed by atoms with Crippen molar-refractivity contribution in [1.82, 2.24) is 4.90 Å². The Morgan fingerprint density at radius 1 is 1.15 bits per heavy atom. The number of carbonyl (C=O) groups is 2. The molecular weight excluding hydrogens is 396 g/mol. The minimum absolute atomic E-state index is 0.118. The van der Waals surface area contributed by atoms with Gasteiger partial charge in [-0.05, 0) is 42.8 Å². The second-order valence-corrected chi connectivity index (χ2v) is 6.99. The van der Waals surface area contributed by atoms with Crippen LogP contribution in [0.2, 0.25) is 0 Å². The number of hydrogen-bond acceptors (Lipinski definition) is 3. The van der Waals surface area contributed by atoms with Crippen LogP contribution in [0, 0.1) is 0 Å². The van der Waals surface area contributed by atoms with Gasteiger partial charge >= 0.3 is 0 Å². The lowest BCUT2D eigenvalue weighted by Crippen LogP contribution is -2.22. The summed E-state index contributed by atoms with van der Waals surface area (Å²) in [5.74, 6) is 0.138. The Morgan fingerprint density at radius 2 is 1.92 bits per heavy atom.